The number of nitrogens with one attached hydrogen (secondary N) is 2. The maximum atomic E-state index is 14.1. The molecule has 17 heteroatoms. The fourth-order valence-corrected chi connectivity index (χ4v) is 8.45. The molecular weight excluding hydrogens is 1010 g/mol. The van der Waals surface area contributed by atoms with Crippen LogP contribution in [-0.4, -0.2) is 58.2 Å². The fourth-order valence-electron chi connectivity index (χ4n) is 8.45. The van der Waals surface area contributed by atoms with Gasteiger partial charge in [0.15, 0.2) is 17.3 Å². The molecule has 78 heavy (non-hydrogen) atoms. The molecule has 0 fully saturated rings. The van der Waals surface area contributed by atoms with Crippen molar-refractivity contribution >= 4 is 50.7 Å². The molecule has 0 unspecified atom stereocenters. The highest BCUT2D eigenvalue weighted by Gasteiger charge is 2.35. The van der Waals surface area contributed by atoms with E-state index in [1.165, 1.54) is 38.6 Å². The second-order valence-electron chi connectivity index (χ2n) is 17.7. The van der Waals surface area contributed by atoms with Crippen LogP contribution in [0.4, 0.5) is 22.0 Å². The summed E-state index contributed by atoms with van der Waals surface area (Å²) < 4.78 is 80.9. The number of allylic oxidation sites excluding steroid dienone is 2. The third kappa shape index (κ3) is 12.7. The molecule has 3 aromatic heterocycles. The quantitative estimate of drug-likeness (QED) is 0.0437. The molecular formula is C61H46F5N5O7. The number of halogens is 5. The number of ether oxygens (including phenoxy) is 2. The summed E-state index contributed by atoms with van der Waals surface area (Å²) in [5.74, 6) is -1.76. The Morgan fingerprint density at radius 1 is 0.538 bits per heavy atom. The van der Waals surface area contributed by atoms with Gasteiger partial charge >= 0.3 is 6.18 Å². The predicted octanol–water partition coefficient (Wildman–Crippen LogP) is 13.1. The second kappa shape index (κ2) is 23.8. The van der Waals surface area contributed by atoms with Gasteiger partial charge in [0.1, 0.15) is 40.2 Å². The number of hydrogen-bond donors (Lipinski definition) is 2. The zero-order valence-corrected chi connectivity index (χ0v) is 42.2. The number of carbonyl (C=O) groups is 5. The third-order valence-corrected chi connectivity index (χ3v) is 12.1. The van der Waals surface area contributed by atoms with E-state index in [9.17, 15) is 45.9 Å². The van der Waals surface area contributed by atoms with E-state index in [1.807, 2.05) is 12.1 Å². The lowest BCUT2D eigenvalue weighted by Crippen LogP contribution is -2.18. The van der Waals surface area contributed by atoms with Crippen LogP contribution >= 0.6 is 0 Å². The van der Waals surface area contributed by atoms with Gasteiger partial charge in [0.05, 0.1) is 11.1 Å². The van der Waals surface area contributed by atoms with Gasteiger partial charge in [-0.15, -0.1) is 0 Å². The van der Waals surface area contributed by atoms with Gasteiger partial charge in [-0.1, -0.05) is 96.6 Å². The number of Topliss-reactive ketones (excluding diaryl/α,β-unsaturated/α-hetero) is 2. The molecule has 2 amide bonds. The lowest BCUT2D eigenvalue weighted by atomic mass is 9.93. The minimum atomic E-state index is -4.72. The smallest absolute Gasteiger partial charge is 0.417 e. The van der Waals surface area contributed by atoms with Crippen LogP contribution in [0.2, 0.25) is 0 Å². The summed E-state index contributed by atoms with van der Waals surface area (Å²) in [5.41, 5.74) is 1.40. The molecule has 0 saturated heterocycles. The fraction of sp³-hybridized carbons (Fsp3) is 0.115. The van der Waals surface area contributed by atoms with Crippen LogP contribution in [0.1, 0.15) is 82.6 Å². The number of aromatic nitrogens is 3. The monoisotopic (exact) mass is 1060 g/mol. The van der Waals surface area contributed by atoms with Crippen LogP contribution in [-0.2, 0) is 19.0 Å². The first kappa shape index (κ1) is 54.5. The Kier molecular flexibility index (Phi) is 16.7. The number of carbonyl (C=O) groups excluding carboxylic acids is 5. The molecule has 3 heterocycles. The first-order valence-electron chi connectivity index (χ1n) is 24.0. The molecule has 392 valence electrons. The zero-order chi connectivity index (χ0) is 55.7. The summed E-state index contributed by atoms with van der Waals surface area (Å²) in [6, 6.07) is 38.1. The van der Waals surface area contributed by atoms with Crippen molar-refractivity contribution in [3.63, 3.8) is 0 Å². The van der Waals surface area contributed by atoms with E-state index in [2.05, 4.69) is 25.6 Å². The molecule has 0 aliphatic carbocycles. The van der Waals surface area contributed by atoms with E-state index < -0.39 is 34.9 Å². The van der Waals surface area contributed by atoms with Crippen molar-refractivity contribution in [2.45, 2.75) is 32.9 Å². The Morgan fingerprint density at radius 2 is 1.01 bits per heavy atom. The number of ketones is 3. The van der Waals surface area contributed by atoms with Gasteiger partial charge in [-0.05, 0) is 89.9 Å². The first-order valence-corrected chi connectivity index (χ1v) is 24.0. The van der Waals surface area contributed by atoms with Crippen LogP contribution in [0.25, 0.3) is 32.7 Å². The molecule has 0 aliphatic rings. The first-order chi connectivity index (χ1) is 37.4. The SMILES string of the molecule is CNC(=O)c1cc(Oc2cccc3c(C(=O)Cc4ccc(-c5c(F)ccnc5F)cc4)cccc23)ccn1.CNC(=O)c1cc(Oc2cccc3c(C(=O)Cc4ccc(C(F)(F)F)c(C(=O)C=C(C)C)c4)cccc23)ccn1. The van der Waals surface area contributed by atoms with Gasteiger partial charge < -0.3 is 20.1 Å². The topological polar surface area (TPSA) is 167 Å². The van der Waals surface area contributed by atoms with E-state index >= 15 is 0 Å². The van der Waals surface area contributed by atoms with Gasteiger partial charge in [0.25, 0.3) is 11.8 Å². The summed E-state index contributed by atoms with van der Waals surface area (Å²) in [6.45, 7) is 3.24. The van der Waals surface area contributed by atoms with Crippen molar-refractivity contribution in [2.75, 3.05) is 14.1 Å². The molecule has 0 radical (unpaired) electrons. The molecule has 9 rings (SSSR count). The number of fused-ring (bicyclic) bond motifs is 2. The highest BCUT2D eigenvalue weighted by atomic mass is 19.4. The highest BCUT2D eigenvalue weighted by molar-refractivity contribution is 6.11. The Labute approximate surface area is 443 Å². The molecule has 2 N–H and O–H groups in total. The van der Waals surface area contributed by atoms with Crippen molar-refractivity contribution in [3.8, 4) is 34.1 Å². The van der Waals surface area contributed by atoms with E-state index in [0.29, 0.717) is 67.0 Å². The van der Waals surface area contributed by atoms with Crippen LogP contribution in [0, 0.1) is 11.8 Å². The average molecular weight is 1060 g/mol. The Hall–Kier alpha value is -9.77. The number of rotatable bonds is 15. The van der Waals surface area contributed by atoms with Gasteiger partial charge in [0, 0.05) is 85.1 Å². The number of benzene rings is 6. The van der Waals surface area contributed by atoms with Crippen LogP contribution in [0.15, 0.2) is 176 Å². The Morgan fingerprint density at radius 3 is 1.50 bits per heavy atom. The number of hydrogen-bond acceptors (Lipinski definition) is 10. The lowest BCUT2D eigenvalue weighted by molar-refractivity contribution is -0.137. The van der Waals surface area contributed by atoms with Gasteiger partial charge in [0.2, 0.25) is 5.95 Å². The van der Waals surface area contributed by atoms with E-state index in [1.54, 1.807) is 117 Å². The summed E-state index contributed by atoms with van der Waals surface area (Å²) >= 11 is 0. The standard InChI is InChI=1S/C31H25F3N2O4.C30H21F2N3O3/c1-18(2)14-27(37)24-15-19(10-11-25(24)31(32,33)34)16-28(38)22-7-4-8-23-21(22)6-5-9-29(23)40-20-12-13-36-26(17-20)30(39)35-3;1-33-30(37)25-17-20(12-14-34-25)38-27-7-3-4-21-22(5-2-6-23(21)27)26(36)16-18-8-10-19(11-9-18)28-24(31)13-15-35-29(28)32/h4-15,17H,16H2,1-3H3,(H,35,39);2-15,17H,16H2,1H3,(H,33,37). The van der Waals surface area contributed by atoms with Crippen LogP contribution in [0.3, 0.4) is 0 Å². The third-order valence-electron chi connectivity index (χ3n) is 12.1. The second-order valence-corrected chi connectivity index (χ2v) is 17.7. The van der Waals surface area contributed by atoms with Gasteiger partial charge in [-0.3, -0.25) is 33.9 Å². The summed E-state index contributed by atoms with van der Waals surface area (Å²) in [5, 5.41) is 7.68. The number of amides is 2. The van der Waals surface area contributed by atoms with Crippen molar-refractivity contribution in [2.24, 2.45) is 0 Å². The highest BCUT2D eigenvalue weighted by Crippen LogP contribution is 2.36. The minimum Gasteiger partial charge on any atom is -0.457 e. The molecule has 6 aromatic carbocycles. The van der Waals surface area contributed by atoms with E-state index in [4.69, 9.17) is 9.47 Å². The van der Waals surface area contributed by atoms with E-state index in [-0.39, 0.29) is 58.7 Å². The van der Waals surface area contributed by atoms with Crippen LogP contribution < -0.4 is 20.1 Å². The van der Waals surface area contributed by atoms with Crippen molar-refractivity contribution in [1.29, 1.82) is 0 Å². The molecule has 0 bridgehead atoms. The molecule has 0 saturated carbocycles. The zero-order valence-electron chi connectivity index (χ0n) is 42.2. The molecule has 0 spiro atoms. The average Bonchev–Trinajstić information content (AvgIpc) is 3.45. The predicted molar refractivity (Wildman–Crippen MR) is 284 cm³/mol. The number of nitrogens with zero attached hydrogens (tertiary/aromatic N) is 3. The van der Waals surface area contributed by atoms with Gasteiger partial charge in [-0.2, -0.15) is 17.6 Å². The largest absolute Gasteiger partial charge is 0.457 e. The van der Waals surface area contributed by atoms with Gasteiger partial charge in [-0.25, -0.2) is 9.37 Å². The van der Waals surface area contributed by atoms with Crippen LogP contribution in [0.5, 0.6) is 23.0 Å². The molecule has 0 atom stereocenters. The maximum absolute atomic E-state index is 14.1. The minimum absolute atomic E-state index is 0.0995. The Bertz CT molecular complexity index is 3800. The summed E-state index contributed by atoms with van der Waals surface area (Å²) in [7, 11) is 3.02. The molecule has 12 nitrogen and oxygen atoms in total. The van der Waals surface area contributed by atoms with E-state index in [0.717, 1.165) is 35.9 Å². The van der Waals surface area contributed by atoms with Crippen molar-refractivity contribution < 1.29 is 55.4 Å². The van der Waals surface area contributed by atoms with Crippen molar-refractivity contribution in [1.82, 2.24) is 25.6 Å². The number of pyridine rings is 3. The maximum Gasteiger partial charge on any atom is 0.417 e. The molecule has 0 aliphatic heterocycles. The van der Waals surface area contributed by atoms with Crippen molar-refractivity contribution in [3.05, 3.63) is 232 Å². The lowest BCUT2D eigenvalue weighted by Gasteiger charge is -2.14. The summed E-state index contributed by atoms with van der Waals surface area (Å²) in [4.78, 5) is 74.7. The molecule has 9 aromatic rings. The number of alkyl halides is 3. The summed E-state index contributed by atoms with van der Waals surface area (Å²) in [6.07, 6.45) is 0.317. The Balaban J connectivity index is 0.000000206. The normalized spacial score (nSPS) is 11.0.